The van der Waals surface area contributed by atoms with Gasteiger partial charge in [-0.25, -0.2) is 8.42 Å². The van der Waals surface area contributed by atoms with Crippen LogP contribution in [0.15, 0.2) is 47.4 Å². The number of sulfonamides is 1. The third-order valence-electron chi connectivity index (χ3n) is 4.77. The quantitative estimate of drug-likeness (QED) is 0.679. The average Bonchev–Trinajstić information content (AvgIpc) is 3.50. The minimum Gasteiger partial charge on any atom is -0.497 e. The van der Waals surface area contributed by atoms with Crippen LogP contribution < -0.4 is 14.2 Å². The van der Waals surface area contributed by atoms with E-state index in [1.807, 2.05) is 0 Å². The number of carbonyl (C=O) groups is 1. The number of methoxy groups -OCH3 is 2. The summed E-state index contributed by atoms with van der Waals surface area (Å²) in [6.45, 7) is 2.11. The van der Waals surface area contributed by atoms with Crippen LogP contribution in [0.4, 0.5) is 5.69 Å². The van der Waals surface area contributed by atoms with Gasteiger partial charge in [0.15, 0.2) is 0 Å². The number of ether oxygens (including phenoxy) is 3. The first-order valence-corrected chi connectivity index (χ1v) is 10.4. The maximum absolute atomic E-state index is 12.8. The second-order valence-corrected chi connectivity index (χ2v) is 8.15. The van der Waals surface area contributed by atoms with Crippen LogP contribution in [0.3, 0.4) is 0 Å². The summed E-state index contributed by atoms with van der Waals surface area (Å²) in [5.41, 5.74) is 0.616. The van der Waals surface area contributed by atoms with Crippen LogP contribution in [0.5, 0.6) is 11.5 Å². The van der Waals surface area contributed by atoms with Crippen LogP contribution in [0.1, 0.15) is 25.3 Å². The van der Waals surface area contributed by atoms with E-state index < -0.39 is 15.4 Å². The van der Waals surface area contributed by atoms with Crippen LogP contribution in [-0.2, 0) is 25.0 Å². The molecule has 1 saturated carbocycles. The number of rotatable bonds is 8. The Morgan fingerprint density at radius 1 is 1.07 bits per heavy atom. The van der Waals surface area contributed by atoms with Crippen LogP contribution in [0, 0.1) is 0 Å². The second kappa shape index (κ2) is 7.71. The zero-order valence-electron chi connectivity index (χ0n) is 16.0. The van der Waals surface area contributed by atoms with Crippen molar-refractivity contribution in [1.29, 1.82) is 0 Å². The Kier molecular flexibility index (Phi) is 5.51. The zero-order chi connectivity index (χ0) is 20.4. The largest absolute Gasteiger partial charge is 0.497 e. The Labute approximate surface area is 164 Å². The highest BCUT2D eigenvalue weighted by molar-refractivity contribution is 7.92. The van der Waals surface area contributed by atoms with Crippen LogP contribution >= 0.6 is 0 Å². The fourth-order valence-electron chi connectivity index (χ4n) is 3.07. The summed E-state index contributed by atoms with van der Waals surface area (Å²) in [5.74, 6) is 0.384. The first kappa shape index (κ1) is 20.0. The molecule has 28 heavy (non-hydrogen) atoms. The predicted molar refractivity (Wildman–Crippen MR) is 104 cm³/mol. The third kappa shape index (κ3) is 3.77. The summed E-state index contributed by atoms with van der Waals surface area (Å²) in [7, 11) is -1.03. The first-order valence-electron chi connectivity index (χ1n) is 8.89. The molecule has 0 saturated heterocycles. The fourth-order valence-corrected chi connectivity index (χ4v) is 4.31. The molecule has 150 valence electrons. The monoisotopic (exact) mass is 405 g/mol. The van der Waals surface area contributed by atoms with Gasteiger partial charge in [-0.3, -0.25) is 9.52 Å². The highest BCUT2D eigenvalue weighted by Gasteiger charge is 2.52. The van der Waals surface area contributed by atoms with E-state index in [2.05, 4.69) is 4.72 Å². The van der Waals surface area contributed by atoms with Crippen molar-refractivity contribution in [2.24, 2.45) is 0 Å². The fraction of sp³-hybridized carbons (Fsp3) is 0.350. The number of nitrogens with one attached hydrogen (secondary N) is 1. The minimum absolute atomic E-state index is 0.0244. The Hall–Kier alpha value is -2.74. The average molecular weight is 405 g/mol. The number of anilines is 1. The molecule has 1 aliphatic carbocycles. The Bertz CT molecular complexity index is 965. The van der Waals surface area contributed by atoms with Gasteiger partial charge in [0, 0.05) is 11.8 Å². The summed E-state index contributed by atoms with van der Waals surface area (Å²) in [6, 6.07) is 11.3. The maximum atomic E-state index is 12.8. The SMILES string of the molecule is CCOC(=O)C1(c2ccc(NS(=O)(=O)c3cc(OC)ccc3OC)cc2)CC1. The van der Waals surface area contributed by atoms with Gasteiger partial charge < -0.3 is 14.2 Å². The van der Waals surface area contributed by atoms with Gasteiger partial charge in [0.05, 0.1) is 26.2 Å². The van der Waals surface area contributed by atoms with Gasteiger partial charge in [0.2, 0.25) is 0 Å². The lowest BCUT2D eigenvalue weighted by Crippen LogP contribution is -2.23. The van der Waals surface area contributed by atoms with E-state index in [0.717, 1.165) is 18.4 Å². The van der Waals surface area contributed by atoms with E-state index in [4.69, 9.17) is 14.2 Å². The van der Waals surface area contributed by atoms with E-state index >= 15 is 0 Å². The van der Waals surface area contributed by atoms with Crippen LogP contribution in [0.2, 0.25) is 0 Å². The van der Waals surface area contributed by atoms with Gasteiger partial charge in [-0.05, 0) is 49.6 Å². The number of hydrogen-bond donors (Lipinski definition) is 1. The summed E-state index contributed by atoms with van der Waals surface area (Å²) < 4.78 is 43.6. The summed E-state index contributed by atoms with van der Waals surface area (Å²) >= 11 is 0. The third-order valence-corrected chi connectivity index (χ3v) is 6.17. The number of carbonyl (C=O) groups excluding carboxylic acids is 1. The van der Waals surface area contributed by atoms with Crippen molar-refractivity contribution in [2.45, 2.75) is 30.1 Å². The van der Waals surface area contributed by atoms with Crippen LogP contribution in [0.25, 0.3) is 0 Å². The minimum atomic E-state index is -3.89. The molecule has 0 amide bonds. The molecular formula is C20H23NO6S. The molecule has 2 aromatic rings. The van der Waals surface area contributed by atoms with Gasteiger partial charge in [0.25, 0.3) is 10.0 Å². The summed E-state index contributed by atoms with van der Waals surface area (Å²) in [4.78, 5) is 12.2. The topological polar surface area (TPSA) is 90.9 Å². The van der Waals surface area contributed by atoms with Gasteiger partial charge in [0.1, 0.15) is 16.4 Å². The van der Waals surface area contributed by atoms with E-state index in [0.29, 0.717) is 18.0 Å². The van der Waals surface area contributed by atoms with Crippen molar-refractivity contribution in [3.8, 4) is 11.5 Å². The molecular weight excluding hydrogens is 382 g/mol. The van der Waals surface area contributed by atoms with Gasteiger partial charge in [-0.2, -0.15) is 0 Å². The molecule has 0 spiro atoms. The van der Waals surface area contributed by atoms with Crippen molar-refractivity contribution in [2.75, 3.05) is 25.5 Å². The normalized spacial score (nSPS) is 14.8. The second-order valence-electron chi connectivity index (χ2n) is 6.50. The van der Waals surface area contributed by atoms with Crippen molar-refractivity contribution < 1.29 is 27.4 Å². The molecule has 0 atom stereocenters. The van der Waals surface area contributed by atoms with Gasteiger partial charge in [-0.15, -0.1) is 0 Å². The highest BCUT2D eigenvalue weighted by Crippen LogP contribution is 2.49. The van der Waals surface area contributed by atoms with Crippen molar-refractivity contribution in [1.82, 2.24) is 0 Å². The smallest absolute Gasteiger partial charge is 0.316 e. The van der Waals surface area contributed by atoms with Crippen molar-refractivity contribution in [3.63, 3.8) is 0 Å². The first-order chi connectivity index (χ1) is 13.4. The van der Waals surface area contributed by atoms with Crippen molar-refractivity contribution >= 4 is 21.7 Å². The lowest BCUT2D eigenvalue weighted by molar-refractivity contribution is -0.146. The Morgan fingerprint density at radius 3 is 2.29 bits per heavy atom. The molecule has 8 heteroatoms. The van der Waals surface area contributed by atoms with Crippen LogP contribution in [-0.4, -0.2) is 35.2 Å². The molecule has 0 unspecified atom stereocenters. The molecule has 2 aromatic carbocycles. The molecule has 1 fully saturated rings. The highest BCUT2D eigenvalue weighted by atomic mass is 32.2. The molecule has 0 bridgehead atoms. The molecule has 1 N–H and O–H groups in total. The van der Waals surface area contributed by atoms with E-state index in [1.165, 1.54) is 26.4 Å². The molecule has 3 rings (SSSR count). The van der Waals surface area contributed by atoms with Crippen molar-refractivity contribution in [3.05, 3.63) is 48.0 Å². The number of benzene rings is 2. The van der Waals surface area contributed by atoms with Gasteiger partial charge >= 0.3 is 5.97 Å². The van der Waals surface area contributed by atoms with E-state index in [1.54, 1.807) is 37.3 Å². The Morgan fingerprint density at radius 2 is 1.75 bits per heavy atom. The number of esters is 1. The Balaban J connectivity index is 1.84. The molecule has 0 aliphatic heterocycles. The molecule has 0 aromatic heterocycles. The lowest BCUT2D eigenvalue weighted by atomic mass is 9.96. The van der Waals surface area contributed by atoms with E-state index in [-0.39, 0.29) is 16.6 Å². The van der Waals surface area contributed by atoms with Gasteiger partial charge in [-0.1, -0.05) is 12.1 Å². The number of hydrogen-bond acceptors (Lipinski definition) is 6. The molecule has 0 heterocycles. The van der Waals surface area contributed by atoms with E-state index in [9.17, 15) is 13.2 Å². The predicted octanol–water partition coefficient (Wildman–Crippen LogP) is 3.10. The zero-order valence-corrected chi connectivity index (χ0v) is 16.8. The standard InChI is InChI=1S/C20H23NO6S/c1-4-27-19(22)20(11-12-20)14-5-7-15(8-6-14)21-28(23,24)18-13-16(25-2)9-10-17(18)26-3/h5-10,13,21H,4,11-12H2,1-3H3. The summed E-state index contributed by atoms with van der Waals surface area (Å²) in [6.07, 6.45) is 1.47. The molecule has 0 radical (unpaired) electrons. The lowest BCUT2D eigenvalue weighted by Gasteiger charge is -2.16. The molecule has 1 aliphatic rings. The molecule has 7 nitrogen and oxygen atoms in total. The maximum Gasteiger partial charge on any atom is 0.316 e. The summed E-state index contributed by atoms with van der Waals surface area (Å²) in [5, 5.41) is 0.